The first-order chi connectivity index (χ1) is 7.54. The van der Waals surface area contributed by atoms with Crippen LogP contribution in [-0.2, 0) is 13.1 Å². The van der Waals surface area contributed by atoms with Crippen LogP contribution >= 0.6 is 11.8 Å². The van der Waals surface area contributed by atoms with Crippen molar-refractivity contribution >= 4 is 11.8 Å². The van der Waals surface area contributed by atoms with Crippen LogP contribution in [0.15, 0.2) is 39.7 Å². The summed E-state index contributed by atoms with van der Waals surface area (Å²) in [5.74, 6) is 0. The molecule has 0 bridgehead atoms. The van der Waals surface area contributed by atoms with Gasteiger partial charge in [0.15, 0.2) is 0 Å². The Kier molecular flexibility index (Phi) is 3.68. The van der Waals surface area contributed by atoms with E-state index < -0.39 is 17.1 Å². The summed E-state index contributed by atoms with van der Waals surface area (Å²) in [5.41, 5.74) is -2.49. The van der Waals surface area contributed by atoms with Crippen molar-refractivity contribution in [1.29, 1.82) is 0 Å². The first kappa shape index (κ1) is 12.3. The maximum atomic E-state index is 11.7. The predicted molar refractivity (Wildman–Crippen MR) is 60.9 cm³/mol. The van der Waals surface area contributed by atoms with Gasteiger partial charge in [-0.15, -0.1) is 13.2 Å². The molecule has 0 spiro atoms. The zero-order valence-electron chi connectivity index (χ0n) is 8.43. The van der Waals surface area contributed by atoms with Crippen LogP contribution in [0.1, 0.15) is 0 Å². The Morgan fingerprint density at radius 2 is 1.31 bits per heavy atom. The monoisotopic (exact) mass is 243 g/mol. The molecule has 1 aromatic heterocycles. The highest BCUT2D eigenvalue weighted by Gasteiger charge is 2.11. The fourth-order valence-electron chi connectivity index (χ4n) is 1.17. The Morgan fingerprint density at radius 1 is 0.938 bits per heavy atom. The molecule has 0 amide bonds. The van der Waals surface area contributed by atoms with Crippen molar-refractivity contribution in [3.8, 4) is 0 Å². The average Bonchev–Trinajstić information content (AvgIpc) is 2.28. The number of allylic oxidation sites excluding steroid dienone is 2. The fourth-order valence-corrected chi connectivity index (χ4v) is 1.36. The van der Waals surface area contributed by atoms with Crippen molar-refractivity contribution < 1.29 is 0 Å². The second-order valence-corrected chi connectivity index (χ2v) is 3.27. The number of aromatic nitrogens is 3. The molecule has 0 saturated carbocycles. The second-order valence-electron chi connectivity index (χ2n) is 2.93. The molecule has 0 unspecified atom stereocenters. The third kappa shape index (κ3) is 1.92. The molecule has 0 radical (unpaired) electrons. The summed E-state index contributed by atoms with van der Waals surface area (Å²) in [4.78, 5) is 34.6. The summed E-state index contributed by atoms with van der Waals surface area (Å²) < 4.78 is 1.98. The van der Waals surface area contributed by atoms with Crippen LogP contribution in [0.5, 0.6) is 0 Å². The third-order valence-corrected chi connectivity index (χ3v) is 2.17. The summed E-state index contributed by atoms with van der Waals surface area (Å²) in [7, 11) is 0. The summed E-state index contributed by atoms with van der Waals surface area (Å²) in [6, 6.07) is 0. The highest BCUT2D eigenvalue weighted by Crippen LogP contribution is 1.79. The normalized spacial score (nSPS) is 10.1. The molecule has 16 heavy (non-hydrogen) atoms. The van der Waals surface area contributed by atoms with E-state index in [1.807, 2.05) is 0 Å². The number of hydrogen-bond acceptors (Lipinski definition) is 3. The molecule has 86 valence electrons. The predicted octanol–water partition coefficient (Wildman–Crippen LogP) is -0.454. The van der Waals surface area contributed by atoms with Gasteiger partial charge in [0.2, 0.25) is 0 Å². The molecule has 0 aliphatic rings. The largest absolute Gasteiger partial charge is 0.351 e. The lowest BCUT2D eigenvalue weighted by atomic mass is 10.6. The standard InChI is InChI=1S/C9H10ClN3O3/c1-3-5-11-7(14)12(6-4-2)9(16)13(10)8(11)15/h3-4H,1-2,5-6H2. The van der Waals surface area contributed by atoms with Gasteiger partial charge in [0.1, 0.15) is 0 Å². The van der Waals surface area contributed by atoms with Gasteiger partial charge >= 0.3 is 17.1 Å². The zero-order valence-corrected chi connectivity index (χ0v) is 9.18. The first-order valence-corrected chi connectivity index (χ1v) is 4.73. The minimum absolute atomic E-state index is 0.0121. The number of rotatable bonds is 4. The van der Waals surface area contributed by atoms with Crippen LogP contribution in [-0.4, -0.2) is 13.2 Å². The van der Waals surface area contributed by atoms with Crippen molar-refractivity contribution in [1.82, 2.24) is 13.2 Å². The Hall–Kier alpha value is -1.82. The highest BCUT2D eigenvalue weighted by molar-refractivity contribution is 6.14. The Labute approximate surface area is 95.4 Å². The lowest BCUT2D eigenvalue weighted by Gasteiger charge is -2.06. The summed E-state index contributed by atoms with van der Waals surface area (Å²) in [5, 5.41) is 0. The van der Waals surface area contributed by atoms with Crippen molar-refractivity contribution in [2.24, 2.45) is 0 Å². The van der Waals surface area contributed by atoms with E-state index in [-0.39, 0.29) is 13.1 Å². The fraction of sp³-hybridized carbons (Fsp3) is 0.222. The van der Waals surface area contributed by atoms with Gasteiger partial charge in [0.25, 0.3) is 0 Å². The molecule has 1 aromatic rings. The Morgan fingerprint density at radius 3 is 1.62 bits per heavy atom. The lowest BCUT2D eigenvalue weighted by Crippen LogP contribution is -2.52. The van der Waals surface area contributed by atoms with E-state index in [0.717, 1.165) is 9.13 Å². The zero-order chi connectivity index (χ0) is 12.3. The summed E-state index contributed by atoms with van der Waals surface area (Å²) in [6.07, 6.45) is 2.73. The van der Waals surface area contributed by atoms with Crippen molar-refractivity contribution in [2.75, 3.05) is 0 Å². The molecule has 7 heteroatoms. The van der Waals surface area contributed by atoms with Gasteiger partial charge in [-0.2, -0.15) is 4.09 Å². The van der Waals surface area contributed by atoms with Gasteiger partial charge in [-0.05, 0) is 0 Å². The molecule has 0 N–H and O–H groups in total. The maximum Gasteiger partial charge on any atom is 0.351 e. The minimum atomic E-state index is -0.878. The van der Waals surface area contributed by atoms with E-state index in [1.165, 1.54) is 12.2 Å². The second kappa shape index (κ2) is 4.80. The Balaban J connectivity index is 3.72. The van der Waals surface area contributed by atoms with Crippen LogP contribution in [0.4, 0.5) is 0 Å². The van der Waals surface area contributed by atoms with E-state index in [9.17, 15) is 14.4 Å². The van der Waals surface area contributed by atoms with Gasteiger partial charge in [-0.1, -0.05) is 12.2 Å². The maximum absolute atomic E-state index is 11.7. The average molecular weight is 244 g/mol. The van der Waals surface area contributed by atoms with E-state index >= 15 is 0 Å². The van der Waals surface area contributed by atoms with Gasteiger partial charge < -0.3 is 0 Å². The minimum Gasteiger partial charge on any atom is -0.247 e. The topological polar surface area (TPSA) is 66.0 Å². The molecule has 0 aromatic carbocycles. The van der Waals surface area contributed by atoms with Crippen LogP contribution in [0, 0.1) is 0 Å². The van der Waals surface area contributed by atoms with Gasteiger partial charge in [-0.25, -0.2) is 23.5 Å². The van der Waals surface area contributed by atoms with E-state index in [1.54, 1.807) is 0 Å². The van der Waals surface area contributed by atoms with Crippen LogP contribution in [0.2, 0.25) is 0 Å². The highest BCUT2D eigenvalue weighted by atomic mass is 35.5. The Bertz CT molecular complexity index is 545. The molecule has 1 rings (SSSR count). The number of hydrogen-bond donors (Lipinski definition) is 0. The molecule has 0 atom stereocenters. The van der Waals surface area contributed by atoms with Gasteiger partial charge in [-0.3, -0.25) is 0 Å². The van der Waals surface area contributed by atoms with Crippen LogP contribution in [0.3, 0.4) is 0 Å². The van der Waals surface area contributed by atoms with Crippen molar-refractivity contribution in [3.63, 3.8) is 0 Å². The van der Waals surface area contributed by atoms with E-state index in [2.05, 4.69) is 13.2 Å². The summed E-state index contributed by atoms with van der Waals surface area (Å²) >= 11 is 5.47. The molecular weight excluding hydrogens is 234 g/mol. The SMILES string of the molecule is C=CCn1c(=O)n(Cl)c(=O)n(CC=C)c1=O. The molecule has 0 aliphatic carbocycles. The first-order valence-electron chi connectivity index (χ1n) is 4.39. The van der Waals surface area contributed by atoms with Gasteiger partial charge in [0.05, 0.1) is 13.1 Å². The number of halogens is 1. The molecular formula is C9H10ClN3O3. The van der Waals surface area contributed by atoms with Crippen molar-refractivity contribution in [3.05, 3.63) is 56.8 Å². The number of nitrogens with zero attached hydrogens (tertiary/aromatic N) is 3. The quantitative estimate of drug-likeness (QED) is 0.673. The van der Waals surface area contributed by atoms with Crippen LogP contribution < -0.4 is 17.1 Å². The smallest absolute Gasteiger partial charge is 0.247 e. The lowest BCUT2D eigenvalue weighted by molar-refractivity contribution is 0.556. The molecule has 0 fully saturated rings. The van der Waals surface area contributed by atoms with Crippen molar-refractivity contribution in [2.45, 2.75) is 13.1 Å². The molecule has 0 saturated heterocycles. The molecule has 6 nitrogen and oxygen atoms in total. The third-order valence-electron chi connectivity index (χ3n) is 1.88. The van der Waals surface area contributed by atoms with E-state index in [4.69, 9.17) is 11.8 Å². The summed E-state index contributed by atoms with van der Waals surface area (Å²) in [6.45, 7) is 6.79. The van der Waals surface area contributed by atoms with Crippen LogP contribution in [0.25, 0.3) is 0 Å². The molecule has 0 aliphatic heterocycles. The van der Waals surface area contributed by atoms with Gasteiger partial charge in [0, 0.05) is 11.8 Å². The van der Waals surface area contributed by atoms with E-state index in [0.29, 0.717) is 4.09 Å². The molecule has 1 heterocycles.